The molecule has 19 heavy (non-hydrogen) atoms. The molecule has 0 saturated heterocycles. The predicted molar refractivity (Wildman–Crippen MR) is 72.2 cm³/mol. The highest BCUT2D eigenvalue weighted by molar-refractivity contribution is 5.92. The van der Waals surface area contributed by atoms with Crippen LogP contribution in [0.3, 0.4) is 0 Å². The van der Waals surface area contributed by atoms with Gasteiger partial charge >= 0.3 is 0 Å². The number of nitrogens with zero attached hydrogens (tertiary/aromatic N) is 3. The van der Waals surface area contributed by atoms with E-state index in [4.69, 9.17) is 4.84 Å². The van der Waals surface area contributed by atoms with E-state index >= 15 is 0 Å². The molecule has 1 aliphatic rings. The molecule has 1 amide bonds. The Balaban J connectivity index is 1.87. The van der Waals surface area contributed by atoms with Crippen molar-refractivity contribution >= 4 is 11.6 Å². The summed E-state index contributed by atoms with van der Waals surface area (Å²) in [6, 6.07) is 1.88. The van der Waals surface area contributed by atoms with Crippen LogP contribution in [-0.2, 0) is 4.84 Å². The minimum absolute atomic E-state index is 0.0469. The van der Waals surface area contributed by atoms with Gasteiger partial charge in [-0.3, -0.25) is 9.48 Å². The first-order chi connectivity index (χ1) is 9.11. The van der Waals surface area contributed by atoms with Crippen molar-refractivity contribution in [1.82, 2.24) is 15.1 Å². The van der Waals surface area contributed by atoms with Gasteiger partial charge in [0, 0.05) is 18.7 Å². The summed E-state index contributed by atoms with van der Waals surface area (Å²) in [6.07, 6.45) is 3.28. The van der Waals surface area contributed by atoms with Gasteiger partial charge in [0.05, 0.1) is 12.3 Å². The van der Waals surface area contributed by atoms with Crippen molar-refractivity contribution in [3.63, 3.8) is 0 Å². The third kappa shape index (κ3) is 3.13. The molecule has 2 heterocycles. The third-order valence-electron chi connectivity index (χ3n) is 3.08. The first-order valence-electron chi connectivity index (χ1n) is 6.65. The average molecular weight is 264 g/mol. The standard InChI is InChI=1S/C13H20N4O2/c1-4-10-7-11(19-16-10)8-14-13(18)12-5-6-15-17(12)9(2)3/h5-6,9,11H,4,7-8H2,1-3H3,(H,14,18). The second kappa shape index (κ2) is 5.86. The molecular formula is C13H20N4O2. The molecule has 6 nitrogen and oxygen atoms in total. The minimum Gasteiger partial charge on any atom is -0.390 e. The first-order valence-corrected chi connectivity index (χ1v) is 6.65. The monoisotopic (exact) mass is 264 g/mol. The SMILES string of the molecule is CCC1=NOC(CNC(=O)c2ccnn2C(C)C)C1. The number of hydrogen-bond acceptors (Lipinski definition) is 4. The molecular weight excluding hydrogens is 244 g/mol. The summed E-state index contributed by atoms with van der Waals surface area (Å²) >= 11 is 0. The van der Waals surface area contributed by atoms with Crippen LogP contribution in [-0.4, -0.2) is 34.0 Å². The van der Waals surface area contributed by atoms with Crippen molar-refractivity contribution in [2.24, 2.45) is 5.16 Å². The molecule has 1 aromatic rings. The topological polar surface area (TPSA) is 68.5 Å². The van der Waals surface area contributed by atoms with Gasteiger partial charge in [0.25, 0.3) is 5.91 Å². The van der Waals surface area contributed by atoms with Crippen LogP contribution >= 0.6 is 0 Å². The van der Waals surface area contributed by atoms with Crippen LogP contribution in [0.1, 0.15) is 50.1 Å². The van der Waals surface area contributed by atoms with E-state index in [1.165, 1.54) is 0 Å². The van der Waals surface area contributed by atoms with Crippen molar-refractivity contribution in [3.8, 4) is 0 Å². The van der Waals surface area contributed by atoms with Crippen molar-refractivity contribution in [3.05, 3.63) is 18.0 Å². The maximum atomic E-state index is 12.1. The molecule has 1 aromatic heterocycles. The molecule has 0 saturated carbocycles. The van der Waals surface area contributed by atoms with Crippen LogP contribution in [0.25, 0.3) is 0 Å². The summed E-state index contributed by atoms with van der Waals surface area (Å²) in [5.74, 6) is -0.125. The second-order valence-corrected chi connectivity index (χ2v) is 4.91. The molecule has 2 rings (SSSR count). The van der Waals surface area contributed by atoms with Crippen molar-refractivity contribution in [2.45, 2.75) is 45.8 Å². The van der Waals surface area contributed by atoms with E-state index in [2.05, 4.69) is 15.6 Å². The largest absolute Gasteiger partial charge is 0.390 e. The maximum Gasteiger partial charge on any atom is 0.269 e. The summed E-state index contributed by atoms with van der Waals surface area (Å²) < 4.78 is 1.71. The Hall–Kier alpha value is -1.85. The number of carbonyl (C=O) groups is 1. The summed E-state index contributed by atoms with van der Waals surface area (Å²) in [6.45, 7) is 6.50. The van der Waals surface area contributed by atoms with E-state index in [-0.39, 0.29) is 18.1 Å². The van der Waals surface area contributed by atoms with E-state index in [1.807, 2.05) is 20.8 Å². The zero-order valence-electron chi connectivity index (χ0n) is 11.6. The first kappa shape index (κ1) is 13.6. The Bertz CT molecular complexity index is 479. The Kier molecular flexibility index (Phi) is 4.19. The number of nitrogens with one attached hydrogen (secondary N) is 1. The van der Waals surface area contributed by atoms with Crippen LogP contribution in [0.4, 0.5) is 0 Å². The van der Waals surface area contributed by atoms with E-state index in [0.717, 1.165) is 18.6 Å². The number of carbonyl (C=O) groups excluding carboxylic acids is 1. The molecule has 0 fully saturated rings. The predicted octanol–water partition coefficient (Wildman–Crippen LogP) is 1.75. The lowest BCUT2D eigenvalue weighted by Crippen LogP contribution is -2.33. The number of amides is 1. The van der Waals surface area contributed by atoms with Crippen LogP contribution in [0, 0.1) is 0 Å². The zero-order valence-corrected chi connectivity index (χ0v) is 11.6. The molecule has 0 aliphatic carbocycles. The summed E-state index contributed by atoms with van der Waals surface area (Å²) in [7, 11) is 0. The van der Waals surface area contributed by atoms with Gasteiger partial charge < -0.3 is 10.2 Å². The highest BCUT2D eigenvalue weighted by atomic mass is 16.6. The molecule has 0 spiro atoms. The maximum absolute atomic E-state index is 12.1. The van der Waals surface area contributed by atoms with Gasteiger partial charge in [-0.1, -0.05) is 12.1 Å². The highest BCUT2D eigenvalue weighted by Crippen LogP contribution is 2.12. The van der Waals surface area contributed by atoms with E-state index in [9.17, 15) is 4.79 Å². The lowest BCUT2D eigenvalue weighted by atomic mass is 10.1. The van der Waals surface area contributed by atoms with E-state index in [1.54, 1.807) is 16.9 Å². The summed E-state index contributed by atoms with van der Waals surface area (Å²) in [5, 5.41) is 11.0. The Morgan fingerprint density at radius 3 is 3.05 bits per heavy atom. The van der Waals surface area contributed by atoms with Crippen LogP contribution in [0.15, 0.2) is 17.4 Å². The molecule has 1 N–H and O–H groups in total. The minimum atomic E-state index is -0.125. The number of rotatable bonds is 5. The molecule has 1 unspecified atom stereocenters. The van der Waals surface area contributed by atoms with E-state index in [0.29, 0.717) is 12.2 Å². The van der Waals surface area contributed by atoms with Gasteiger partial charge in [0.1, 0.15) is 11.8 Å². The molecule has 0 radical (unpaired) electrons. The lowest BCUT2D eigenvalue weighted by molar-refractivity contribution is 0.0747. The van der Waals surface area contributed by atoms with Gasteiger partial charge in [-0.15, -0.1) is 0 Å². The number of hydrogen-bond donors (Lipinski definition) is 1. The molecule has 6 heteroatoms. The van der Waals surface area contributed by atoms with Gasteiger partial charge in [0.2, 0.25) is 0 Å². The van der Waals surface area contributed by atoms with Crippen molar-refractivity contribution < 1.29 is 9.63 Å². The summed E-state index contributed by atoms with van der Waals surface area (Å²) in [5.41, 5.74) is 1.62. The lowest BCUT2D eigenvalue weighted by Gasteiger charge is -2.12. The molecule has 0 bridgehead atoms. The fourth-order valence-electron chi connectivity index (χ4n) is 2.01. The fourth-order valence-corrected chi connectivity index (χ4v) is 2.01. The van der Waals surface area contributed by atoms with Gasteiger partial charge in [-0.05, 0) is 26.3 Å². The van der Waals surface area contributed by atoms with E-state index < -0.39 is 0 Å². The van der Waals surface area contributed by atoms with Crippen LogP contribution < -0.4 is 5.32 Å². The Labute approximate surface area is 112 Å². The smallest absolute Gasteiger partial charge is 0.269 e. The van der Waals surface area contributed by atoms with Gasteiger partial charge in [-0.25, -0.2) is 0 Å². The number of oxime groups is 1. The quantitative estimate of drug-likeness (QED) is 0.881. The summed E-state index contributed by atoms with van der Waals surface area (Å²) in [4.78, 5) is 17.3. The molecule has 1 atom stereocenters. The average Bonchev–Trinajstić information content (AvgIpc) is 3.04. The number of aromatic nitrogens is 2. The van der Waals surface area contributed by atoms with Gasteiger partial charge in [0.15, 0.2) is 0 Å². The van der Waals surface area contributed by atoms with Crippen molar-refractivity contribution in [2.75, 3.05) is 6.54 Å². The fraction of sp³-hybridized carbons (Fsp3) is 0.615. The second-order valence-electron chi connectivity index (χ2n) is 4.91. The molecule has 1 aliphatic heterocycles. The Morgan fingerprint density at radius 1 is 1.63 bits per heavy atom. The Morgan fingerprint density at radius 2 is 2.42 bits per heavy atom. The highest BCUT2D eigenvalue weighted by Gasteiger charge is 2.21. The normalized spacial score (nSPS) is 18.3. The van der Waals surface area contributed by atoms with Crippen LogP contribution in [0.2, 0.25) is 0 Å². The van der Waals surface area contributed by atoms with Gasteiger partial charge in [-0.2, -0.15) is 5.10 Å². The van der Waals surface area contributed by atoms with Crippen LogP contribution in [0.5, 0.6) is 0 Å². The third-order valence-corrected chi connectivity index (χ3v) is 3.08. The molecule has 0 aromatic carbocycles. The zero-order chi connectivity index (χ0) is 13.8. The van der Waals surface area contributed by atoms with Crippen molar-refractivity contribution in [1.29, 1.82) is 0 Å². The molecule has 104 valence electrons.